The van der Waals surface area contributed by atoms with Crippen molar-refractivity contribution >= 4 is 5.97 Å². The minimum Gasteiger partial charge on any atom is -0.478 e. The monoisotopic (exact) mass is 279 g/mol. The first kappa shape index (κ1) is 15.0. The van der Waals surface area contributed by atoms with E-state index in [0.29, 0.717) is 18.5 Å². The Hall–Kier alpha value is -1.42. The molecule has 3 nitrogen and oxygen atoms in total. The molecule has 1 aromatic rings. The normalized spacial score (nSPS) is 17.9. The van der Waals surface area contributed by atoms with E-state index in [0.717, 1.165) is 5.56 Å². The summed E-state index contributed by atoms with van der Waals surface area (Å²) in [7, 11) is 0. The van der Waals surface area contributed by atoms with Crippen molar-refractivity contribution in [3.63, 3.8) is 0 Å². The Morgan fingerprint density at radius 2 is 2.10 bits per heavy atom. The highest BCUT2D eigenvalue weighted by Crippen LogP contribution is 2.26. The minimum absolute atomic E-state index is 0.269. The maximum absolute atomic E-state index is 13.6. The molecule has 0 aromatic heterocycles. The number of hydrogen-bond acceptors (Lipinski definition) is 2. The Labute approximate surface area is 119 Å². The van der Waals surface area contributed by atoms with Gasteiger partial charge in [0.15, 0.2) is 0 Å². The average Bonchev–Trinajstić information content (AvgIpc) is 2.45. The van der Waals surface area contributed by atoms with Crippen LogP contribution < -0.4 is 5.32 Å². The van der Waals surface area contributed by atoms with E-state index in [-0.39, 0.29) is 5.56 Å². The van der Waals surface area contributed by atoms with Crippen LogP contribution in [0.1, 0.15) is 54.9 Å². The van der Waals surface area contributed by atoms with Gasteiger partial charge in [-0.25, -0.2) is 9.18 Å². The first-order chi connectivity index (χ1) is 9.58. The van der Waals surface area contributed by atoms with Gasteiger partial charge >= 0.3 is 5.97 Å². The molecule has 1 aromatic carbocycles. The molecule has 0 bridgehead atoms. The van der Waals surface area contributed by atoms with E-state index in [1.54, 1.807) is 6.07 Å². The molecule has 0 aliphatic heterocycles. The zero-order valence-electron chi connectivity index (χ0n) is 11.9. The number of hydrogen-bond donors (Lipinski definition) is 2. The van der Waals surface area contributed by atoms with Crippen molar-refractivity contribution < 1.29 is 14.3 Å². The average molecular weight is 279 g/mol. The molecule has 1 saturated carbocycles. The second-order valence-corrected chi connectivity index (χ2v) is 5.69. The van der Waals surface area contributed by atoms with Gasteiger partial charge in [0.05, 0.1) is 5.56 Å². The van der Waals surface area contributed by atoms with Crippen molar-refractivity contribution in [3.05, 3.63) is 35.1 Å². The van der Waals surface area contributed by atoms with Crippen LogP contribution in [0.5, 0.6) is 0 Å². The van der Waals surface area contributed by atoms with Crippen LogP contribution in [0.15, 0.2) is 18.2 Å². The third kappa shape index (κ3) is 3.79. The SMILES string of the molecule is C[C@H](NCc1ccc(C(=O)O)c(F)c1)C1CCCCC1. The molecule has 0 radical (unpaired) electrons. The molecule has 110 valence electrons. The highest BCUT2D eigenvalue weighted by molar-refractivity contribution is 5.87. The molecule has 0 spiro atoms. The van der Waals surface area contributed by atoms with Crippen LogP contribution in [0.3, 0.4) is 0 Å². The summed E-state index contributed by atoms with van der Waals surface area (Å²) in [5, 5.41) is 12.2. The summed E-state index contributed by atoms with van der Waals surface area (Å²) < 4.78 is 13.6. The highest BCUT2D eigenvalue weighted by atomic mass is 19.1. The molecule has 1 aliphatic carbocycles. The van der Waals surface area contributed by atoms with Crippen molar-refractivity contribution in [2.75, 3.05) is 0 Å². The lowest BCUT2D eigenvalue weighted by Gasteiger charge is -2.28. The molecule has 4 heteroatoms. The summed E-state index contributed by atoms with van der Waals surface area (Å²) in [6.07, 6.45) is 6.48. The first-order valence-electron chi connectivity index (χ1n) is 7.33. The molecule has 1 atom stereocenters. The van der Waals surface area contributed by atoms with Crippen LogP contribution >= 0.6 is 0 Å². The van der Waals surface area contributed by atoms with Crippen LogP contribution in [-0.2, 0) is 6.54 Å². The molecule has 2 N–H and O–H groups in total. The predicted octanol–water partition coefficient (Wildman–Crippen LogP) is 3.58. The topological polar surface area (TPSA) is 49.3 Å². The largest absolute Gasteiger partial charge is 0.478 e. The molecule has 0 amide bonds. The Balaban J connectivity index is 1.90. The Kier molecular flexibility index (Phi) is 5.12. The Bertz CT molecular complexity index is 470. The number of nitrogens with one attached hydrogen (secondary N) is 1. The summed E-state index contributed by atoms with van der Waals surface area (Å²) in [4.78, 5) is 10.8. The van der Waals surface area contributed by atoms with E-state index in [1.165, 1.54) is 44.2 Å². The van der Waals surface area contributed by atoms with Gasteiger partial charge in [-0.2, -0.15) is 0 Å². The van der Waals surface area contributed by atoms with Crippen LogP contribution in [0.25, 0.3) is 0 Å². The lowest BCUT2D eigenvalue weighted by atomic mass is 9.84. The number of benzene rings is 1. The number of halogens is 1. The van der Waals surface area contributed by atoms with Gasteiger partial charge in [-0.1, -0.05) is 25.3 Å². The van der Waals surface area contributed by atoms with Crippen LogP contribution in [0.4, 0.5) is 4.39 Å². The van der Waals surface area contributed by atoms with Gasteiger partial charge < -0.3 is 10.4 Å². The molecular formula is C16H22FNO2. The predicted molar refractivity (Wildman–Crippen MR) is 76.2 cm³/mol. The zero-order chi connectivity index (χ0) is 14.5. The van der Waals surface area contributed by atoms with E-state index < -0.39 is 11.8 Å². The molecule has 1 aliphatic rings. The van der Waals surface area contributed by atoms with Crippen LogP contribution in [0.2, 0.25) is 0 Å². The number of rotatable bonds is 5. The second kappa shape index (κ2) is 6.84. The summed E-state index contributed by atoms with van der Waals surface area (Å²) in [5.41, 5.74) is 0.518. The molecular weight excluding hydrogens is 257 g/mol. The third-order valence-electron chi connectivity index (χ3n) is 4.25. The summed E-state index contributed by atoms with van der Waals surface area (Å²) in [6.45, 7) is 2.76. The van der Waals surface area contributed by atoms with Gasteiger partial charge in [0, 0.05) is 12.6 Å². The van der Waals surface area contributed by atoms with E-state index in [4.69, 9.17) is 5.11 Å². The van der Waals surface area contributed by atoms with Crippen molar-refractivity contribution in [3.8, 4) is 0 Å². The lowest BCUT2D eigenvalue weighted by Crippen LogP contribution is -2.34. The minimum atomic E-state index is -1.22. The summed E-state index contributed by atoms with van der Waals surface area (Å²) in [6, 6.07) is 4.73. The summed E-state index contributed by atoms with van der Waals surface area (Å²) in [5.74, 6) is -1.19. The van der Waals surface area contributed by atoms with Gasteiger partial charge in [-0.15, -0.1) is 0 Å². The van der Waals surface area contributed by atoms with E-state index in [1.807, 2.05) is 0 Å². The molecule has 20 heavy (non-hydrogen) atoms. The van der Waals surface area contributed by atoms with Crippen LogP contribution in [0, 0.1) is 11.7 Å². The fourth-order valence-corrected chi connectivity index (χ4v) is 2.92. The zero-order valence-corrected chi connectivity index (χ0v) is 11.9. The fraction of sp³-hybridized carbons (Fsp3) is 0.562. The molecule has 2 rings (SSSR count). The Morgan fingerprint density at radius 3 is 2.70 bits per heavy atom. The van der Waals surface area contributed by atoms with Crippen molar-refractivity contribution in [1.29, 1.82) is 0 Å². The number of carbonyl (C=O) groups is 1. The van der Waals surface area contributed by atoms with Gasteiger partial charge in [0.1, 0.15) is 5.82 Å². The van der Waals surface area contributed by atoms with Crippen molar-refractivity contribution in [1.82, 2.24) is 5.32 Å². The maximum Gasteiger partial charge on any atom is 0.338 e. The Morgan fingerprint density at radius 1 is 1.40 bits per heavy atom. The van der Waals surface area contributed by atoms with Gasteiger partial charge in [0.25, 0.3) is 0 Å². The van der Waals surface area contributed by atoms with E-state index in [9.17, 15) is 9.18 Å². The highest BCUT2D eigenvalue weighted by Gasteiger charge is 2.19. The van der Waals surface area contributed by atoms with Crippen molar-refractivity contribution in [2.45, 2.75) is 51.6 Å². The smallest absolute Gasteiger partial charge is 0.338 e. The number of carboxylic acids is 1. The molecule has 0 heterocycles. The summed E-state index contributed by atoms with van der Waals surface area (Å²) >= 11 is 0. The van der Waals surface area contributed by atoms with Crippen LogP contribution in [-0.4, -0.2) is 17.1 Å². The molecule has 0 saturated heterocycles. The maximum atomic E-state index is 13.6. The van der Waals surface area contributed by atoms with E-state index in [2.05, 4.69) is 12.2 Å². The second-order valence-electron chi connectivity index (χ2n) is 5.69. The molecule has 0 unspecified atom stereocenters. The van der Waals surface area contributed by atoms with E-state index >= 15 is 0 Å². The van der Waals surface area contributed by atoms with Gasteiger partial charge in [-0.3, -0.25) is 0 Å². The lowest BCUT2D eigenvalue weighted by molar-refractivity contribution is 0.0692. The fourth-order valence-electron chi connectivity index (χ4n) is 2.92. The third-order valence-corrected chi connectivity index (χ3v) is 4.25. The standard InChI is InChI=1S/C16H22FNO2/c1-11(13-5-3-2-4-6-13)18-10-12-7-8-14(16(19)20)15(17)9-12/h7-9,11,13,18H,2-6,10H2,1H3,(H,19,20)/t11-/m0/s1. The number of carboxylic acid groups (broad SMARTS) is 1. The number of aromatic carboxylic acids is 1. The van der Waals surface area contributed by atoms with Gasteiger partial charge in [0.2, 0.25) is 0 Å². The quantitative estimate of drug-likeness (QED) is 0.866. The van der Waals surface area contributed by atoms with Crippen molar-refractivity contribution in [2.24, 2.45) is 5.92 Å². The first-order valence-corrected chi connectivity index (χ1v) is 7.33. The molecule has 1 fully saturated rings. The van der Waals surface area contributed by atoms with Gasteiger partial charge in [-0.05, 0) is 43.4 Å².